The van der Waals surface area contributed by atoms with Crippen LogP contribution in [0.25, 0.3) is 33.5 Å². The summed E-state index contributed by atoms with van der Waals surface area (Å²) in [6, 6.07) is 18.1. The van der Waals surface area contributed by atoms with Gasteiger partial charge in [-0.05, 0) is 83.5 Å². The van der Waals surface area contributed by atoms with Crippen LogP contribution in [0.2, 0.25) is 0 Å². The lowest BCUT2D eigenvalue weighted by molar-refractivity contribution is 0.00706. The molecule has 0 saturated carbocycles. The second-order valence-corrected chi connectivity index (χ2v) is 10.7. The molecule has 1 atom stereocenters. The first-order valence-corrected chi connectivity index (χ1v) is 12.6. The molecule has 0 radical (unpaired) electrons. The van der Waals surface area contributed by atoms with E-state index in [0.717, 1.165) is 27.9 Å². The Morgan fingerprint density at radius 1 is 1.05 bits per heavy atom. The maximum absolute atomic E-state index is 13.2. The number of H-pyrrole nitrogens is 1. The quantitative estimate of drug-likeness (QED) is 0.246. The second kappa shape index (κ2) is 9.49. The molecule has 0 aliphatic heterocycles. The number of carbonyl (C=O) groups is 1. The number of hydrogen-bond acceptors (Lipinski definition) is 6. The highest BCUT2D eigenvalue weighted by molar-refractivity contribution is 5.96. The number of esters is 1. The Morgan fingerprint density at radius 3 is 2.58 bits per heavy atom. The van der Waals surface area contributed by atoms with E-state index in [2.05, 4.69) is 15.3 Å². The molecule has 3 aromatic heterocycles. The summed E-state index contributed by atoms with van der Waals surface area (Å²) < 4.78 is 12.0. The zero-order chi connectivity index (χ0) is 27.2. The number of pyridine rings is 1. The van der Waals surface area contributed by atoms with Gasteiger partial charge in [0.05, 0.1) is 17.0 Å². The number of nitrogens with one attached hydrogen (secondary N) is 2. The van der Waals surface area contributed by atoms with Gasteiger partial charge in [-0.25, -0.2) is 9.78 Å². The largest absolute Gasteiger partial charge is 0.456 e. The lowest BCUT2D eigenvalue weighted by Crippen LogP contribution is -2.24. The summed E-state index contributed by atoms with van der Waals surface area (Å²) in [6.07, 6.45) is 0. The summed E-state index contributed by atoms with van der Waals surface area (Å²) in [5.41, 5.74) is 4.85. The third kappa shape index (κ3) is 5.05. The van der Waals surface area contributed by atoms with Crippen LogP contribution in [0.5, 0.6) is 0 Å². The smallest absolute Gasteiger partial charge is 0.340 e. The van der Waals surface area contributed by atoms with E-state index < -0.39 is 11.6 Å². The highest BCUT2D eigenvalue weighted by Crippen LogP contribution is 2.32. The van der Waals surface area contributed by atoms with Gasteiger partial charge in [-0.15, -0.1) is 0 Å². The van der Waals surface area contributed by atoms with Crippen LogP contribution < -0.4 is 10.7 Å². The number of carbonyl (C=O) groups excluding carboxylic acids is 1. The van der Waals surface area contributed by atoms with E-state index in [4.69, 9.17) is 9.15 Å². The number of rotatable bonds is 5. The molecule has 0 aliphatic carbocycles. The van der Waals surface area contributed by atoms with E-state index in [1.807, 2.05) is 84.0 Å². The normalized spacial score (nSPS) is 12.6. The Morgan fingerprint density at radius 2 is 1.82 bits per heavy atom. The third-order valence-corrected chi connectivity index (χ3v) is 6.25. The molecule has 194 valence electrons. The molecule has 0 fully saturated rings. The van der Waals surface area contributed by atoms with E-state index in [0.29, 0.717) is 33.7 Å². The number of nitrogens with zero attached hydrogens (tertiary/aromatic N) is 1. The van der Waals surface area contributed by atoms with Gasteiger partial charge in [0, 0.05) is 28.4 Å². The minimum Gasteiger partial charge on any atom is -0.456 e. The summed E-state index contributed by atoms with van der Waals surface area (Å²) >= 11 is 0. The van der Waals surface area contributed by atoms with Crippen LogP contribution in [0.15, 0.2) is 69.9 Å². The molecule has 0 amide bonds. The number of hydrogen-bond donors (Lipinski definition) is 2. The number of anilines is 1. The van der Waals surface area contributed by atoms with Gasteiger partial charge in [0.25, 0.3) is 0 Å². The molecule has 0 aliphatic rings. The molecule has 1 unspecified atom stereocenters. The number of aromatic amines is 1. The Bertz CT molecular complexity index is 1740. The number of benzene rings is 2. The predicted molar refractivity (Wildman–Crippen MR) is 151 cm³/mol. The van der Waals surface area contributed by atoms with Crippen molar-refractivity contribution in [1.82, 2.24) is 9.97 Å². The van der Waals surface area contributed by atoms with Gasteiger partial charge in [-0.3, -0.25) is 4.79 Å². The van der Waals surface area contributed by atoms with E-state index in [1.165, 1.54) is 6.07 Å². The van der Waals surface area contributed by atoms with Crippen LogP contribution in [0.3, 0.4) is 0 Å². The summed E-state index contributed by atoms with van der Waals surface area (Å²) in [6.45, 7) is 11.4. The van der Waals surface area contributed by atoms with E-state index in [1.54, 1.807) is 12.1 Å². The molecule has 7 nitrogen and oxygen atoms in total. The lowest BCUT2D eigenvalue weighted by atomic mass is 10.0. The average molecular weight is 510 g/mol. The first kappa shape index (κ1) is 25.3. The minimum absolute atomic E-state index is 0.142. The van der Waals surface area contributed by atoms with Crippen molar-refractivity contribution in [1.29, 1.82) is 0 Å². The Labute approximate surface area is 220 Å². The molecule has 0 saturated heterocycles. The summed E-state index contributed by atoms with van der Waals surface area (Å²) in [5.74, 6) is -0.0140. The maximum Gasteiger partial charge on any atom is 0.340 e. The zero-order valence-corrected chi connectivity index (χ0v) is 22.4. The third-order valence-electron chi connectivity index (χ3n) is 6.25. The van der Waals surface area contributed by atoms with Crippen molar-refractivity contribution in [2.75, 3.05) is 5.32 Å². The summed E-state index contributed by atoms with van der Waals surface area (Å²) in [5, 5.41) is 4.92. The fourth-order valence-corrected chi connectivity index (χ4v) is 4.59. The maximum atomic E-state index is 13.2. The van der Waals surface area contributed by atoms with Crippen molar-refractivity contribution in [2.24, 2.45) is 0 Å². The van der Waals surface area contributed by atoms with E-state index in [-0.39, 0.29) is 11.5 Å². The number of aromatic nitrogens is 2. The molecular formula is C31H31N3O4. The minimum atomic E-state index is -0.613. The van der Waals surface area contributed by atoms with Crippen molar-refractivity contribution < 1.29 is 13.9 Å². The van der Waals surface area contributed by atoms with Crippen LogP contribution in [0.1, 0.15) is 60.9 Å². The van der Waals surface area contributed by atoms with Gasteiger partial charge in [0.1, 0.15) is 22.5 Å². The van der Waals surface area contributed by atoms with E-state index >= 15 is 0 Å². The Hall–Kier alpha value is -4.39. The topological polar surface area (TPSA) is 97.2 Å². The van der Waals surface area contributed by atoms with Gasteiger partial charge in [0.15, 0.2) is 11.2 Å². The van der Waals surface area contributed by atoms with Gasteiger partial charge >= 0.3 is 5.97 Å². The summed E-state index contributed by atoms with van der Waals surface area (Å²) in [4.78, 5) is 34.0. The Balaban J connectivity index is 1.57. The highest BCUT2D eigenvalue weighted by Gasteiger charge is 2.22. The first-order valence-electron chi connectivity index (χ1n) is 12.6. The van der Waals surface area contributed by atoms with E-state index in [9.17, 15) is 9.59 Å². The van der Waals surface area contributed by atoms with Crippen molar-refractivity contribution >= 4 is 33.7 Å². The standard InChI is InChI=1S/C31H31N3O4/c1-17-13-22(19(3)33-24-10-8-7-9-21(24)30(36)38-31(4,5)6)28-23(14-17)26(35)16-27(37-28)25-12-11-20-15-18(2)32-29(20)34-25/h7-16,19,33H,1-6H3,(H,32,34). The molecule has 5 rings (SSSR count). The predicted octanol–water partition coefficient (Wildman–Crippen LogP) is 7.08. The monoisotopic (exact) mass is 509 g/mol. The average Bonchev–Trinajstić information content (AvgIpc) is 3.22. The fourth-order valence-electron chi connectivity index (χ4n) is 4.59. The van der Waals surface area contributed by atoms with Crippen molar-refractivity contribution in [3.05, 3.63) is 93.3 Å². The van der Waals surface area contributed by atoms with Crippen LogP contribution in [0, 0.1) is 13.8 Å². The Kier molecular flexibility index (Phi) is 6.31. The van der Waals surface area contributed by atoms with Gasteiger partial charge in [-0.1, -0.05) is 18.2 Å². The number of fused-ring (bicyclic) bond motifs is 2. The van der Waals surface area contributed by atoms with Crippen LogP contribution in [-0.2, 0) is 4.74 Å². The van der Waals surface area contributed by atoms with Gasteiger partial charge in [-0.2, -0.15) is 0 Å². The van der Waals surface area contributed by atoms with Gasteiger partial charge in [0.2, 0.25) is 0 Å². The highest BCUT2D eigenvalue weighted by atomic mass is 16.6. The molecular weight excluding hydrogens is 478 g/mol. The van der Waals surface area contributed by atoms with Crippen molar-refractivity contribution in [3.63, 3.8) is 0 Å². The van der Waals surface area contributed by atoms with Crippen molar-refractivity contribution in [3.8, 4) is 11.5 Å². The van der Waals surface area contributed by atoms with Gasteiger partial charge < -0.3 is 19.5 Å². The molecule has 38 heavy (non-hydrogen) atoms. The van der Waals surface area contributed by atoms with Crippen LogP contribution >= 0.6 is 0 Å². The second-order valence-electron chi connectivity index (χ2n) is 10.7. The molecule has 2 aromatic carbocycles. The molecule has 5 aromatic rings. The SMILES string of the molecule is Cc1cc(C(C)Nc2ccccc2C(=O)OC(C)(C)C)c2oc(-c3ccc4cc(C)[nH]c4n3)cc(=O)c2c1. The lowest BCUT2D eigenvalue weighted by Gasteiger charge is -2.22. The first-order chi connectivity index (χ1) is 18.0. The van der Waals surface area contributed by atoms with Crippen molar-refractivity contribution in [2.45, 2.75) is 53.2 Å². The van der Waals surface area contributed by atoms with Crippen LogP contribution in [0.4, 0.5) is 5.69 Å². The molecule has 2 N–H and O–H groups in total. The molecule has 0 bridgehead atoms. The molecule has 0 spiro atoms. The molecule has 3 heterocycles. The zero-order valence-electron chi connectivity index (χ0n) is 22.4. The number of para-hydroxylation sites is 1. The fraction of sp³-hybridized carbons (Fsp3) is 0.258. The summed E-state index contributed by atoms with van der Waals surface area (Å²) in [7, 11) is 0. The van der Waals surface area contributed by atoms with Crippen LogP contribution in [-0.4, -0.2) is 21.5 Å². The number of ether oxygens (including phenoxy) is 1. The molecule has 7 heteroatoms. The number of aryl methyl sites for hydroxylation is 2.